The summed E-state index contributed by atoms with van der Waals surface area (Å²) in [6, 6.07) is 0. The van der Waals surface area contributed by atoms with Gasteiger partial charge in [0.1, 0.15) is 0 Å². The summed E-state index contributed by atoms with van der Waals surface area (Å²) >= 11 is 0. The molecule has 4 heteroatoms. The van der Waals surface area contributed by atoms with Crippen molar-refractivity contribution in [3.05, 3.63) is 0 Å². The number of hydrogen-bond donors (Lipinski definition) is 0. The van der Waals surface area contributed by atoms with Gasteiger partial charge in [-0.3, -0.25) is 4.79 Å². The van der Waals surface area contributed by atoms with Crippen LogP contribution in [0.2, 0.25) is 0 Å². The standard InChI is InChI=1S/C10H21BO2.Co/c1-2-3-4-5-6-7-8-9-10(12)13-11;/h2-9,11H2,1H3;. The minimum Gasteiger partial charge on any atom is -0.543 e. The Labute approximate surface area is 98.8 Å². The van der Waals surface area contributed by atoms with Crippen LogP contribution in [0, 0.1) is 0 Å². The molecule has 0 fully saturated rings. The van der Waals surface area contributed by atoms with Crippen LogP contribution in [-0.2, 0) is 26.2 Å². The third kappa shape index (κ3) is 12.0. The fourth-order valence-electron chi connectivity index (χ4n) is 1.33. The SMILES string of the molecule is BOC(=O)CCCCCCCCC.[Co]. The van der Waals surface area contributed by atoms with Crippen LogP contribution in [0.4, 0.5) is 0 Å². The van der Waals surface area contributed by atoms with Crippen molar-refractivity contribution >= 4 is 14.0 Å². The maximum absolute atomic E-state index is 10.7. The van der Waals surface area contributed by atoms with Gasteiger partial charge in [0.25, 0.3) is 5.97 Å². The number of rotatable bonds is 8. The first kappa shape index (κ1) is 16.5. The molecule has 0 aromatic carbocycles. The van der Waals surface area contributed by atoms with Crippen LogP contribution in [0.1, 0.15) is 58.3 Å². The van der Waals surface area contributed by atoms with Gasteiger partial charge in [-0.25, -0.2) is 0 Å². The largest absolute Gasteiger partial charge is 0.543 e. The normalized spacial score (nSPS) is 9.21. The van der Waals surface area contributed by atoms with E-state index in [-0.39, 0.29) is 22.7 Å². The maximum Gasteiger partial charge on any atom is 0.325 e. The van der Waals surface area contributed by atoms with Crippen molar-refractivity contribution in [2.24, 2.45) is 0 Å². The van der Waals surface area contributed by atoms with Gasteiger partial charge in [-0.2, -0.15) is 0 Å². The zero-order chi connectivity index (χ0) is 9.94. The van der Waals surface area contributed by atoms with Crippen molar-refractivity contribution < 1.29 is 26.2 Å². The van der Waals surface area contributed by atoms with Crippen molar-refractivity contribution in [1.29, 1.82) is 0 Å². The summed E-state index contributed by atoms with van der Waals surface area (Å²) in [7, 11) is 1.45. The van der Waals surface area contributed by atoms with Crippen molar-refractivity contribution in [2.45, 2.75) is 58.3 Å². The van der Waals surface area contributed by atoms with E-state index >= 15 is 0 Å². The molecule has 0 atom stereocenters. The molecule has 0 spiro atoms. The first-order chi connectivity index (χ1) is 6.31. The van der Waals surface area contributed by atoms with Gasteiger partial charge in [-0.1, -0.05) is 45.4 Å². The van der Waals surface area contributed by atoms with Crippen molar-refractivity contribution in [3.63, 3.8) is 0 Å². The van der Waals surface area contributed by atoms with E-state index in [1.165, 1.54) is 46.6 Å². The first-order valence-corrected chi connectivity index (χ1v) is 5.38. The van der Waals surface area contributed by atoms with Gasteiger partial charge in [0.2, 0.25) is 0 Å². The smallest absolute Gasteiger partial charge is 0.325 e. The third-order valence-corrected chi connectivity index (χ3v) is 2.21. The Balaban J connectivity index is 0. The summed E-state index contributed by atoms with van der Waals surface area (Å²) in [5, 5.41) is 0. The van der Waals surface area contributed by atoms with Crippen LogP contribution < -0.4 is 0 Å². The van der Waals surface area contributed by atoms with Gasteiger partial charge >= 0.3 is 8.05 Å². The Hall–Kier alpha value is 0.0414. The fraction of sp³-hybridized carbons (Fsp3) is 0.900. The zero-order valence-corrected chi connectivity index (χ0v) is 10.3. The Morgan fingerprint density at radius 1 is 1.07 bits per heavy atom. The van der Waals surface area contributed by atoms with Gasteiger partial charge in [0, 0.05) is 23.2 Å². The van der Waals surface area contributed by atoms with E-state index in [0.717, 1.165) is 6.42 Å². The molecule has 0 amide bonds. The van der Waals surface area contributed by atoms with E-state index in [1.807, 2.05) is 0 Å². The predicted molar refractivity (Wildman–Crippen MR) is 57.2 cm³/mol. The van der Waals surface area contributed by atoms with Crippen molar-refractivity contribution in [3.8, 4) is 0 Å². The molecule has 85 valence electrons. The van der Waals surface area contributed by atoms with E-state index in [1.54, 1.807) is 0 Å². The Morgan fingerprint density at radius 3 is 2.07 bits per heavy atom. The molecule has 0 heterocycles. The van der Waals surface area contributed by atoms with Gasteiger partial charge in [-0.15, -0.1) is 0 Å². The number of carbonyl (C=O) groups excluding carboxylic acids is 1. The molecule has 0 aliphatic carbocycles. The number of hydrogen-bond acceptors (Lipinski definition) is 2. The molecule has 0 aliphatic heterocycles. The van der Waals surface area contributed by atoms with E-state index in [0.29, 0.717) is 6.42 Å². The zero-order valence-electron chi connectivity index (χ0n) is 9.31. The van der Waals surface area contributed by atoms with Crippen LogP contribution in [0.25, 0.3) is 0 Å². The summed E-state index contributed by atoms with van der Waals surface area (Å²) in [5.74, 6) is -0.0754. The van der Waals surface area contributed by atoms with E-state index in [9.17, 15) is 4.79 Å². The second kappa shape index (κ2) is 13.0. The molecular formula is C10H21BCoO2. The summed E-state index contributed by atoms with van der Waals surface area (Å²) in [6.07, 6.45) is 9.29. The van der Waals surface area contributed by atoms with Gasteiger partial charge in [0.05, 0.1) is 0 Å². The summed E-state index contributed by atoms with van der Waals surface area (Å²) in [5.41, 5.74) is 0. The Morgan fingerprint density at radius 2 is 1.57 bits per heavy atom. The molecule has 2 nitrogen and oxygen atoms in total. The second-order valence-corrected chi connectivity index (χ2v) is 3.45. The Kier molecular flexibility index (Phi) is 15.3. The second-order valence-electron chi connectivity index (χ2n) is 3.45. The minimum absolute atomic E-state index is 0. The predicted octanol–water partition coefficient (Wildman–Crippen LogP) is 2.22. The third-order valence-electron chi connectivity index (χ3n) is 2.21. The topological polar surface area (TPSA) is 26.3 Å². The molecule has 0 aromatic rings. The van der Waals surface area contributed by atoms with Crippen LogP contribution >= 0.6 is 0 Å². The van der Waals surface area contributed by atoms with Crippen LogP contribution in [0.5, 0.6) is 0 Å². The molecular weight excluding hydrogens is 222 g/mol. The summed E-state index contributed by atoms with van der Waals surface area (Å²) < 4.78 is 4.56. The van der Waals surface area contributed by atoms with E-state index in [4.69, 9.17) is 0 Å². The molecule has 0 unspecified atom stereocenters. The summed E-state index contributed by atoms with van der Waals surface area (Å²) in [4.78, 5) is 10.7. The van der Waals surface area contributed by atoms with E-state index in [2.05, 4.69) is 11.6 Å². The molecule has 0 bridgehead atoms. The fourth-order valence-corrected chi connectivity index (χ4v) is 1.33. The van der Waals surface area contributed by atoms with Crippen molar-refractivity contribution in [2.75, 3.05) is 0 Å². The molecule has 0 saturated heterocycles. The van der Waals surface area contributed by atoms with Crippen molar-refractivity contribution in [1.82, 2.24) is 0 Å². The average molecular weight is 243 g/mol. The van der Waals surface area contributed by atoms with Crippen LogP contribution in [0.15, 0.2) is 0 Å². The molecule has 0 aliphatic rings. The van der Waals surface area contributed by atoms with Crippen LogP contribution in [-0.4, -0.2) is 14.0 Å². The van der Waals surface area contributed by atoms with E-state index < -0.39 is 0 Å². The first-order valence-electron chi connectivity index (χ1n) is 5.38. The van der Waals surface area contributed by atoms with Crippen LogP contribution in [0.3, 0.4) is 0 Å². The average Bonchev–Trinajstić information content (AvgIpc) is 2.16. The quantitative estimate of drug-likeness (QED) is 0.482. The molecule has 0 aromatic heterocycles. The number of carbonyl (C=O) groups is 1. The molecule has 0 saturated carbocycles. The maximum atomic E-state index is 10.7. The molecule has 14 heavy (non-hydrogen) atoms. The molecule has 1 radical (unpaired) electrons. The summed E-state index contributed by atoms with van der Waals surface area (Å²) in [6.45, 7) is 2.22. The minimum atomic E-state index is -0.0754. The Bertz CT molecular complexity index is 131. The van der Waals surface area contributed by atoms with Gasteiger partial charge in [0.15, 0.2) is 0 Å². The monoisotopic (exact) mass is 243 g/mol. The van der Waals surface area contributed by atoms with Gasteiger partial charge < -0.3 is 4.65 Å². The number of unbranched alkanes of at least 4 members (excludes halogenated alkanes) is 6. The molecule has 0 rings (SSSR count). The molecule has 0 N–H and O–H groups in total. The van der Waals surface area contributed by atoms with Gasteiger partial charge in [-0.05, 0) is 6.42 Å².